The van der Waals surface area contributed by atoms with E-state index in [-0.39, 0.29) is 5.69 Å². The van der Waals surface area contributed by atoms with Crippen LogP contribution in [0.25, 0.3) is 0 Å². The number of hydrogen-bond donors (Lipinski definition) is 1. The van der Waals surface area contributed by atoms with E-state index < -0.39 is 5.91 Å². The molecule has 0 fully saturated rings. The van der Waals surface area contributed by atoms with E-state index in [9.17, 15) is 4.79 Å². The molecular formula is C7H9N3O2. The summed E-state index contributed by atoms with van der Waals surface area (Å²) in [6, 6.07) is 1.40. The Labute approximate surface area is 69.6 Å². The van der Waals surface area contributed by atoms with E-state index >= 15 is 0 Å². The molecule has 1 aromatic rings. The number of aryl methyl sites for hydroxylation is 1. The highest BCUT2D eigenvalue weighted by Crippen LogP contribution is 2.07. The zero-order valence-corrected chi connectivity index (χ0v) is 6.87. The quantitative estimate of drug-likeness (QED) is 0.666. The van der Waals surface area contributed by atoms with Gasteiger partial charge in [0.25, 0.3) is 5.91 Å². The first-order chi connectivity index (χ1) is 5.63. The van der Waals surface area contributed by atoms with Crippen molar-refractivity contribution < 1.29 is 9.53 Å². The van der Waals surface area contributed by atoms with E-state index in [2.05, 4.69) is 9.97 Å². The number of methoxy groups -OCH3 is 1. The Kier molecular flexibility index (Phi) is 2.23. The zero-order chi connectivity index (χ0) is 9.14. The lowest BCUT2D eigenvalue weighted by Crippen LogP contribution is -2.14. The van der Waals surface area contributed by atoms with Crippen molar-refractivity contribution in [2.75, 3.05) is 7.11 Å². The van der Waals surface area contributed by atoms with Gasteiger partial charge >= 0.3 is 0 Å². The first kappa shape index (κ1) is 8.45. The van der Waals surface area contributed by atoms with Gasteiger partial charge in [0.2, 0.25) is 5.88 Å². The van der Waals surface area contributed by atoms with Gasteiger partial charge in [0.15, 0.2) is 0 Å². The smallest absolute Gasteiger partial charge is 0.267 e. The van der Waals surface area contributed by atoms with Crippen LogP contribution in [0.15, 0.2) is 6.07 Å². The minimum Gasteiger partial charge on any atom is -0.481 e. The Hall–Kier alpha value is -1.65. The largest absolute Gasteiger partial charge is 0.481 e. The third-order valence-electron chi connectivity index (χ3n) is 1.28. The predicted molar refractivity (Wildman–Crippen MR) is 41.8 cm³/mol. The highest BCUT2D eigenvalue weighted by Gasteiger charge is 2.05. The molecule has 0 aliphatic rings. The average Bonchev–Trinajstić information content (AvgIpc) is 2.03. The number of nitrogens with two attached hydrogens (primary N) is 1. The van der Waals surface area contributed by atoms with Crippen LogP contribution in [0, 0.1) is 6.92 Å². The molecule has 0 spiro atoms. The Morgan fingerprint density at radius 3 is 2.75 bits per heavy atom. The molecule has 0 saturated carbocycles. The summed E-state index contributed by atoms with van der Waals surface area (Å²) in [5.74, 6) is 0.221. The summed E-state index contributed by atoms with van der Waals surface area (Å²) in [6.07, 6.45) is 0. The third-order valence-corrected chi connectivity index (χ3v) is 1.28. The first-order valence-electron chi connectivity index (χ1n) is 3.33. The molecule has 1 aromatic heterocycles. The first-order valence-corrected chi connectivity index (χ1v) is 3.33. The van der Waals surface area contributed by atoms with Crippen molar-refractivity contribution in [3.05, 3.63) is 17.6 Å². The van der Waals surface area contributed by atoms with Crippen molar-refractivity contribution in [2.24, 2.45) is 5.73 Å². The molecule has 0 aliphatic carbocycles. The molecule has 64 valence electrons. The Morgan fingerprint density at radius 1 is 1.58 bits per heavy atom. The zero-order valence-electron chi connectivity index (χ0n) is 6.87. The van der Waals surface area contributed by atoms with E-state index in [1.54, 1.807) is 6.92 Å². The van der Waals surface area contributed by atoms with Crippen molar-refractivity contribution in [1.29, 1.82) is 0 Å². The fourth-order valence-corrected chi connectivity index (χ4v) is 0.771. The molecule has 5 nitrogen and oxygen atoms in total. The van der Waals surface area contributed by atoms with Crippen molar-refractivity contribution in [2.45, 2.75) is 6.92 Å². The fourth-order valence-electron chi connectivity index (χ4n) is 0.771. The Morgan fingerprint density at radius 2 is 2.25 bits per heavy atom. The Bertz CT molecular complexity index is 312. The lowest BCUT2D eigenvalue weighted by Gasteiger charge is -2.00. The summed E-state index contributed by atoms with van der Waals surface area (Å²) in [4.78, 5) is 18.4. The van der Waals surface area contributed by atoms with Gasteiger partial charge in [0.1, 0.15) is 11.5 Å². The molecule has 1 amide bonds. The molecule has 1 rings (SSSR count). The number of amides is 1. The fraction of sp³-hybridized carbons (Fsp3) is 0.286. The molecule has 0 bridgehead atoms. The molecule has 1 heterocycles. The minimum atomic E-state index is -0.584. The van der Waals surface area contributed by atoms with Crippen LogP contribution in [0.1, 0.15) is 16.3 Å². The summed E-state index contributed by atoms with van der Waals surface area (Å²) in [7, 11) is 1.46. The number of carbonyl (C=O) groups excluding carboxylic acids is 1. The lowest BCUT2D eigenvalue weighted by molar-refractivity contribution is 0.0994. The van der Waals surface area contributed by atoms with E-state index in [1.807, 2.05) is 0 Å². The van der Waals surface area contributed by atoms with Gasteiger partial charge in [-0.3, -0.25) is 4.79 Å². The molecule has 0 aliphatic heterocycles. The average molecular weight is 167 g/mol. The maximum atomic E-state index is 10.7. The summed E-state index contributed by atoms with van der Waals surface area (Å²) < 4.78 is 4.83. The van der Waals surface area contributed by atoms with Crippen LogP contribution < -0.4 is 10.5 Å². The number of rotatable bonds is 2. The number of ether oxygens (including phenoxy) is 1. The number of carbonyl (C=O) groups is 1. The number of hydrogen-bond acceptors (Lipinski definition) is 4. The van der Waals surface area contributed by atoms with Crippen molar-refractivity contribution >= 4 is 5.91 Å². The van der Waals surface area contributed by atoms with E-state index in [4.69, 9.17) is 10.5 Å². The molecule has 5 heteroatoms. The number of primary amides is 1. The maximum absolute atomic E-state index is 10.7. The molecular weight excluding hydrogens is 158 g/mol. The topological polar surface area (TPSA) is 78.1 Å². The van der Waals surface area contributed by atoms with Gasteiger partial charge in [-0.25, -0.2) is 4.98 Å². The third kappa shape index (κ3) is 1.69. The summed E-state index contributed by atoms with van der Waals surface area (Å²) in [5, 5.41) is 0. The van der Waals surface area contributed by atoms with Crippen LogP contribution in [0.4, 0.5) is 0 Å². The molecule has 2 N–H and O–H groups in total. The van der Waals surface area contributed by atoms with E-state index in [0.717, 1.165) is 0 Å². The Balaban J connectivity index is 3.15. The SMILES string of the molecule is COc1cc(C(N)=O)nc(C)n1. The van der Waals surface area contributed by atoms with Gasteiger partial charge in [-0.05, 0) is 6.92 Å². The van der Waals surface area contributed by atoms with Crippen LogP contribution in [0.2, 0.25) is 0 Å². The molecule has 0 aromatic carbocycles. The minimum absolute atomic E-state index is 0.166. The lowest BCUT2D eigenvalue weighted by atomic mass is 10.4. The second-order valence-electron chi connectivity index (χ2n) is 2.21. The number of aromatic nitrogens is 2. The molecule has 0 radical (unpaired) electrons. The molecule has 12 heavy (non-hydrogen) atoms. The van der Waals surface area contributed by atoms with Crippen LogP contribution in [-0.2, 0) is 0 Å². The van der Waals surface area contributed by atoms with Gasteiger partial charge in [-0.15, -0.1) is 0 Å². The van der Waals surface area contributed by atoms with Gasteiger partial charge in [-0.1, -0.05) is 0 Å². The van der Waals surface area contributed by atoms with Crippen LogP contribution in [0.3, 0.4) is 0 Å². The van der Waals surface area contributed by atoms with Gasteiger partial charge in [0.05, 0.1) is 7.11 Å². The van der Waals surface area contributed by atoms with Crippen molar-refractivity contribution in [3.8, 4) is 5.88 Å². The predicted octanol–water partition coefficient (Wildman–Crippen LogP) is -0.107. The van der Waals surface area contributed by atoms with E-state index in [0.29, 0.717) is 11.7 Å². The van der Waals surface area contributed by atoms with Crippen LogP contribution >= 0.6 is 0 Å². The number of nitrogens with zero attached hydrogens (tertiary/aromatic N) is 2. The molecule has 0 atom stereocenters. The standard InChI is InChI=1S/C7H9N3O2/c1-4-9-5(7(8)11)3-6(10-4)12-2/h3H,1-2H3,(H2,8,11). The van der Waals surface area contributed by atoms with Crippen LogP contribution in [0.5, 0.6) is 5.88 Å². The molecule has 0 saturated heterocycles. The summed E-state index contributed by atoms with van der Waals surface area (Å²) in [5.41, 5.74) is 5.19. The highest BCUT2D eigenvalue weighted by molar-refractivity contribution is 5.90. The summed E-state index contributed by atoms with van der Waals surface area (Å²) >= 11 is 0. The van der Waals surface area contributed by atoms with Gasteiger partial charge in [-0.2, -0.15) is 4.98 Å². The van der Waals surface area contributed by atoms with E-state index in [1.165, 1.54) is 13.2 Å². The summed E-state index contributed by atoms with van der Waals surface area (Å²) in [6.45, 7) is 1.66. The highest BCUT2D eigenvalue weighted by atomic mass is 16.5. The second-order valence-corrected chi connectivity index (χ2v) is 2.21. The molecule has 0 unspecified atom stereocenters. The van der Waals surface area contributed by atoms with Gasteiger partial charge < -0.3 is 10.5 Å². The monoisotopic (exact) mass is 167 g/mol. The van der Waals surface area contributed by atoms with Crippen molar-refractivity contribution in [1.82, 2.24) is 9.97 Å². The van der Waals surface area contributed by atoms with Crippen LogP contribution in [-0.4, -0.2) is 23.0 Å². The van der Waals surface area contributed by atoms with Crippen molar-refractivity contribution in [3.63, 3.8) is 0 Å². The second kappa shape index (κ2) is 3.17. The maximum Gasteiger partial charge on any atom is 0.267 e. The normalized spacial score (nSPS) is 9.50. The van der Waals surface area contributed by atoms with Gasteiger partial charge in [0, 0.05) is 6.07 Å².